The molecule has 1 heterocycles. The van der Waals surface area contributed by atoms with Gasteiger partial charge in [0.1, 0.15) is 10.8 Å². The fourth-order valence-electron chi connectivity index (χ4n) is 0.792. The van der Waals surface area contributed by atoms with Crippen LogP contribution >= 0.6 is 23.1 Å². The summed E-state index contributed by atoms with van der Waals surface area (Å²) in [6.45, 7) is 6.12. The fraction of sp³-hybridized carbons (Fsp3) is 0.750. The Morgan fingerprint density at radius 3 is 2.58 bits per heavy atom. The Balaban J connectivity index is 2.74. The summed E-state index contributed by atoms with van der Waals surface area (Å²) in [4.78, 5) is 4.37. The third kappa shape index (κ3) is 2.17. The lowest BCUT2D eigenvalue weighted by atomic mass is 10.1. The monoisotopic (exact) mass is 204 g/mol. The molecule has 0 saturated heterocycles. The van der Waals surface area contributed by atoms with Gasteiger partial charge in [-0.3, -0.25) is 0 Å². The molecule has 0 amide bonds. The van der Waals surface area contributed by atoms with Crippen LogP contribution in [0.5, 0.6) is 0 Å². The van der Waals surface area contributed by atoms with Gasteiger partial charge < -0.3 is 0 Å². The Kier molecular flexibility index (Phi) is 3.47. The van der Waals surface area contributed by atoms with E-state index in [1.54, 1.807) is 0 Å². The molecule has 0 fully saturated rings. The number of aromatic nitrogens is 2. The first-order chi connectivity index (χ1) is 5.65. The van der Waals surface area contributed by atoms with Gasteiger partial charge in [-0.1, -0.05) is 13.8 Å². The smallest absolute Gasteiger partial charge is 0.142 e. The van der Waals surface area contributed by atoms with Crippen molar-refractivity contribution >= 4 is 23.1 Å². The van der Waals surface area contributed by atoms with Crippen molar-refractivity contribution in [2.75, 3.05) is 0 Å². The zero-order chi connectivity index (χ0) is 9.14. The van der Waals surface area contributed by atoms with E-state index in [9.17, 15) is 0 Å². The van der Waals surface area contributed by atoms with Crippen molar-refractivity contribution < 1.29 is 0 Å². The maximum Gasteiger partial charge on any atom is 0.142 e. The molecule has 0 N–H and O–H groups in total. The summed E-state index contributed by atoms with van der Waals surface area (Å²) in [5.74, 6) is 1.24. The van der Waals surface area contributed by atoms with Crippen LogP contribution in [0.4, 0.5) is 0 Å². The van der Waals surface area contributed by atoms with Crippen LogP contribution in [0.1, 0.15) is 37.5 Å². The molecule has 0 radical (unpaired) electrons. The van der Waals surface area contributed by atoms with Gasteiger partial charge in [-0.05, 0) is 18.5 Å². The average molecular weight is 205 g/mol. The van der Waals surface area contributed by atoms with Crippen LogP contribution < -0.4 is 0 Å². The molecular formula is C8H13ClN2S. The second kappa shape index (κ2) is 4.19. The summed E-state index contributed by atoms with van der Waals surface area (Å²) in [6.07, 6.45) is 0.903. The highest BCUT2D eigenvalue weighted by Gasteiger charge is 2.15. The van der Waals surface area contributed by atoms with Crippen molar-refractivity contribution in [1.82, 2.24) is 9.36 Å². The first kappa shape index (κ1) is 9.93. The van der Waals surface area contributed by atoms with Gasteiger partial charge in [0, 0.05) is 17.7 Å². The van der Waals surface area contributed by atoms with Crippen LogP contribution in [-0.4, -0.2) is 14.7 Å². The summed E-state index contributed by atoms with van der Waals surface area (Å²) in [5, 5.41) is 1.18. The first-order valence-electron chi connectivity index (χ1n) is 4.11. The Hall–Kier alpha value is -0.150. The van der Waals surface area contributed by atoms with Gasteiger partial charge in [-0.25, -0.2) is 4.98 Å². The molecule has 1 aromatic rings. The highest BCUT2D eigenvalue weighted by molar-refractivity contribution is 7.05. The van der Waals surface area contributed by atoms with E-state index in [0.717, 1.165) is 17.3 Å². The lowest BCUT2D eigenvalue weighted by molar-refractivity contribution is 0.730. The molecular weight excluding hydrogens is 192 g/mol. The Morgan fingerprint density at radius 2 is 2.17 bits per heavy atom. The number of aryl methyl sites for hydroxylation is 1. The number of alkyl halides is 1. The number of rotatable bonds is 3. The molecule has 4 heteroatoms. The van der Waals surface area contributed by atoms with Crippen molar-refractivity contribution in [3.8, 4) is 0 Å². The Bertz CT molecular complexity index is 247. The van der Waals surface area contributed by atoms with E-state index in [-0.39, 0.29) is 5.38 Å². The van der Waals surface area contributed by atoms with E-state index in [1.807, 2.05) is 6.92 Å². The van der Waals surface area contributed by atoms with E-state index in [4.69, 9.17) is 11.6 Å². The van der Waals surface area contributed by atoms with Gasteiger partial charge in [0.2, 0.25) is 0 Å². The molecule has 0 bridgehead atoms. The molecule has 0 spiro atoms. The van der Waals surface area contributed by atoms with Crippen LogP contribution in [0, 0.1) is 0 Å². The van der Waals surface area contributed by atoms with Crippen molar-refractivity contribution in [2.45, 2.75) is 38.5 Å². The standard InChI is InChI=1S/C8H13ClN2S/c1-4-7-10-8(12-11-7)5(2)6(3)9/h5-6H,4H2,1-3H3. The minimum atomic E-state index is 0.127. The summed E-state index contributed by atoms with van der Waals surface area (Å²) in [6, 6.07) is 0. The van der Waals surface area contributed by atoms with Crippen LogP contribution in [0.25, 0.3) is 0 Å². The van der Waals surface area contributed by atoms with Crippen LogP contribution in [-0.2, 0) is 6.42 Å². The van der Waals surface area contributed by atoms with E-state index < -0.39 is 0 Å². The third-order valence-electron chi connectivity index (χ3n) is 1.88. The van der Waals surface area contributed by atoms with Gasteiger partial charge in [0.05, 0.1) is 0 Å². The highest BCUT2D eigenvalue weighted by Crippen LogP contribution is 2.24. The predicted octanol–water partition coefficient (Wildman–Crippen LogP) is 2.83. The predicted molar refractivity (Wildman–Crippen MR) is 53.0 cm³/mol. The van der Waals surface area contributed by atoms with Crippen LogP contribution in [0.3, 0.4) is 0 Å². The normalized spacial score (nSPS) is 16.0. The molecule has 0 aliphatic carbocycles. The molecule has 1 rings (SSSR count). The van der Waals surface area contributed by atoms with Crippen LogP contribution in [0.2, 0.25) is 0 Å². The number of hydrogen-bond donors (Lipinski definition) is 0. The zero-order valence-corrected chi connectivity index (χ0v) is 9.11. The Morgan fingerprint density at radius 1 is 1.50 bits per heavy atom. The molecule has 0 aliphatic heterocycles. The second-order valence-corrected chi connectivity index (χ2v) is 4.34. The molecule has 2 unspecified atom stereocenters. The lowest BCUT2D eigenvalue weighted by Crippen LogP contribution is -2.04. The van der Waals surface area contributed by atoms with Crippen molar-refractivity contribution in [3.63, 3.8) is 0 Å². The molecule has 2 atom stereocenters. The molecule has 0 aliphatic rings. The first-order valence-corrected chi connectivity index (χ1v) is 5.32. The Labute approximate surface area is 82.1 Å². The second-order valence-electron chi connectivity index (χ2n) is 2.87. The van der Waals surface area contributed by atoms with E-state index in [0.29, 0.717) is 5.92 Å². The molecule has 12 heavy (non-hydrogen) atoms. The van der Waals surface area contributed by atoms with Gasteiger partial charge in [-0.15, -0.1) is 11.6 Å². The summed E-state index contributed by atoms with van der Waals surface area (Å²) in [7, 11) is 0. The zero-order valence-electron chi connectivity index (χ0n) is 7.54. The fourth-order valence-corrected chi connectivity index (χ4v) is 1.87. The number of hydrogen-bond acceptors (Lipinski definition) is 3. The van der Waals surface area contributed by atoms with Crippen molar-refractivity contribution in [2.24, 2.45) is 0 Å². The maximum absolute atomic E-state index is 5.95. The SMILES string of the molecule is CCc1nsc(C(C)C(C)Cl)n1. The maximum atomic E-state index is 5.95. The largest absolute Gasteiger partial charge is 0.224 e. The highest BCUT2D eigenvalue weighted by atomic mass is 35.5. The van der Waals surface area contributed by atoms with Crippen LogP contribution in [0.15, 0.2) is 0 Å². The van der Waals surface area contributed by atoms with E-state index in [2.05, 4.69) is 23.2 Å². The van der Waals surface area contributed by atoms with Gasteiger partial charge in [-0.2, -0.15) is 4.37 Å². The quantitative estimate of drug-likeness (QED) is 0.708. The number of halogens is 1. The molecule has 1 aromatic heterocycles. The number of nitrogens with zero attached hydrogens (tertiary/aromatic N) is 2. The molecule has 68 valence electrons. The minimum absolute atomic E-state index is 0.127. The molecule has 2 nitrogen and oxygen atoms in total. The summed E-state index contributed by atoms with van der Waals surface area (Å²) in [5.41, 5.74) is 0. The third-order valence-corrected chi connectivity index (χ3v) is 3.21. The van der Waals surface area contributed by atoms with Gasteiger partial charge in [0.15, 0.2) is 0 Å². The minimum Gasteiger partial charge on any atom is -0.224 e. The average Bonchev–Trinajstić information content (AvgIpc) is 2.50. The van der Waals surface area contributed by atoms with Gasteiger partial charge in [0.25, 0.3) is 0 Å². The lowest BCUT2D eigenvalue weighted by Gasteiger charge is -2.08. The molecule has 0 saturated carbocycles. The van der Waals surface area contributed by atoms with Crippen molar-refractivity contribution in [3.05, 3.63) is 10.8 Å². The summed E-state index contributed by atoms with van der Waals surface area (Å²) >= 11 is 7.42. The molecule has 0 aromatic carbocycles. The van der Waals surface area contributed by atoms with Gasteiger partial charge >= 0.3 is 0 Å². The summed E-state index contributed by atoms with van der Waals surface area (Å²) < 4.78 is 4.21. The topological polar surface area (TPSA) is 25.8 Å². The van der Waals surface area contributed by atoms with E-state index in [1.165, 1.54) is 11.5 Å². The van der Waals surface area contributed by atoms with Crippen molar-refractivity contribution in [1.29, 1.82) is 0 Å². The van der Waals surface area contributed by atoms with E-state index >= 15 is 0 Å².